The van der Waals surface area contributed by atoms with Gasteiger partial charge in [0.25, 0.3) is 0 Å². The van der Waals surface area contributed by atoms with Crippen LogP contribution in [0.25, 0.3) is 0 Å². The Morgan fingerprint density at radius 2 is 2.07 bits per heavy atom. The molecule has 1 heterocycles. The Kier molecular flexibility index (Phi) is 7.78. The highest BCUT2D eigenvalue weighted by atomic mass is 16.5. The molecule has 1 saturated carbocycles. The molecule has 0 radical (unpaired) electrons. The zero-order valence-electron chi connectivity index (χ0n) is 18.2. The van der Waals surface area contributed by atoms with Crippen LogP contribution in [0.15, 0.2) is 23.2 Å². The maximum atomic E-state index is 12.5. The minimum atomic E-state index is 0.231. The molecule has 1 amide bonds. The van der Waals surface area contributed by atoms with Gasteiger partial charge in [0.1, 0.15) is 5.75 Å². The van der Waals surface area contributed by atoms with E-state index in [1.54, 1.807) is 7.05 Å². The number of guanidine groups is 1. The highest BCUT2D eigenvalue weighted by Crippen LogP contribution is 2.30. The van der Waals surface area contributed by atoms with E-state index >= 15 is 0 Å². The number of piperidine rings is 1. The van der Waals surface area contributed by atoms with Crippen molar-refractivity contribution in [3.63, 3.8) is 0 Å². The molecule has 1 atom stereocenters. The number of hydrogen-bond acceptors (Lipinski definition) is 3. The summed E-state index contributed by atoms with van der Waals surface area (Å²) in [5.41, 5.74) is 2.32. The van der Waals surface area contributed by atoms with Crippen LogP contribution in [0.1, 0.15) is 56.6 Å². The Hall–Kier alpha value is -2.24. The number of carbonyl (C=O) groups excluding carboxylic acids is 1. The second-order valence-corrected chi connectivity index (χ2v) is 8.40. The highest BCUT2D eigenvalue weighted by molar-refractivity contribution is 5.81. The maximum Gasteiger partial charge on any atom is 0.224 e. The quantitative estimate of drug-likeness (QED) is 0.519. The second kappa shape index (κ2) is 10.5. The van der Waals surface area contributed by atoms with Crippen molar-refractivity contribution in [1.29, 1.82) is 0 Å². The van der Waals surface area contributed by atoms with Crippen LogP contribution in [0.3, 0.4) is 0 Å². The number of likely N-dealkylation sites (tertiary alicyclic amines) is 1. The summed E-state index contributed by atoms with van der Waals surface area (Å²) in [5, 5.41) is 6.61. The van der Waals surface area contributed by atoms with Gasteiger partial charge < -0.3 is 20.3 Å². The van der Waals surface area contributed by atoms with Crippen molar-refractivity contribution in [2.45, 2.75) is 65.0 Å². The molecule has 1 aromatic rings. The van der Waals surface area contributed by atoms with Crippen molar-refractivity contribution in [2.75, 3.05) is 26.7 Å². The average molecular weight is 401 g/mol. The molecule has 1 aromatic carbocycles. The first-order chi connectivity index (χ1) is 14.1. The van der Waals surface area contributed by atoms with Gasteiger partial charge in [-0.1, -0.05) is 12.1 Å². The molecule has 6 nitrogen and oxygen atoms in total. The number of hydrogen-bond donors (Lipinski definition) is 2. The summed E-state index contributed by atoms with van der Waals surface area (Å²) >= 11 is 0. The zero-order valence-corrected chi connectivity index (χ0v) is 18.2. The van der Waals surface area contributed by atoms with Crippen LogP contribution in [0.4, 0.5) is 0 Å². The lowest BCUT2D eigenvalue weighted by molar-refractivity contribution is -0.134. The minimum Gasteiger partial charge on any atom is -0.493 e. The Balaban J connectivity index is 1.44. The highest BCUT2D eigenvalue weighted by Gasteiger charge is 2.23. The van der Waals surface area contributed by atoms with E-state index in [0.717, 1.165) is 43.2 Å². The van der Waals surface area contributed by atoms with E-state index in [2.05, 4.69) is 47.7 Å². The summed E-state index contributed by atoms with van der Waals surface area (Å²) in [7, 11) is 1.75. The molecule has 0 spiro atoms. The SMILES string of the molecule is CN=C(NCCC(=O)N1CCCCC1C)NCc1ccc(C)cc1OCC1CC1. The van der Waals surface area contributed by atoms with Gasteiger partial charge in [-0.2, -0.15) is 0 Å². The van der Waals surface area contributed by atoms with E-state index in [9.17, 15) is 4.79 Å². The van der Waals surface area contributed by atoms with Crippen LogP contribution in [0.2, 0.25) is 0 Å². The van der Waals surface area contributed by atoms with Crippen molar-refractivity contribution in [2.24, 2.45) is 10.9 Å². The number of ether oxygens (including phenoxy) is 1. The van der Waals surface area contributed by atoms with Crippen LogP contribution in [0.5, 0.6) is 5.75 Å². The van der Waals surface area contributed by atoms with E-state index in [0.29, 0.717) is 31.5 Å². The van der Waals surface area contributed by atoms with Crippen molar-refractivity contribution in [1.82, 2.24) is 15.5 Å². The van der Waals surface area contributed by atoms with E-state index < -0.39 is 0 Å². The molecule has 3 rings (SSSR count). The number of carbonyl (C=O) groups is 1. The molecule has 29 heavy (non-hydrogen) atoms. The number of amides is 1. The summed E-state index contributed by atoms with van der Waals surface area (Å²) in [4.78, 5) is 18.8. The normalized spacial score (nSPS) is 19.8. The number of nitrogens with zero attached hydrogens (tertiary/aromatic N) is 2. The number of nitrogens with one attached hydrogen (secondary N) is 2. The second-order valence-electron chi connectivity index (χ2n) is 8.40. The largest absolute Gasteiger partial charge is 0.493 e. The van der Waals surface area contributed by atoms with Gasteiger partial charge in [0.2, 0.25) is 5.91 Å². The van der Waals surface area contributed by atoms with Crippen LogP contribution >= 0.6 is 0 Å². The van der Waals surface area contributed by atoms with Gasteiger partial charge in [0.15, 0.2) is 5.96 Å². The standard InChI is InChI=1S/C23H36N4O2/c1-17-7-10-20(21(14-17)29-16-19-8-9-19)15-26-23(24-3)25-12-11-22(28)27-13-5-4-6-18(27)2/h7,10,14,18-19H,4-6,8-9,11-13,15-16H2,1-3H3,(H2,24,25,26). The zero-order chi connectivity index (χ0) is 20.6. The lowest BCUT2D eigenvalue weighted by Crippen LogP contribution is -2.44. The van der Waals surface area contributed by atoms with E-state index in [-0.39, 0.29) is 5.91 Å². The Morgan fingerprint density at radius 3 is 2.79 bits per heavy atom. The predicted molar refractivity (Wildman–Crippen MR) is 117 cm³/mol. The summed E-state index contributed by atoms with van der Waals surface area (Å²) < 4.78 is 6.05. The molecule has 6 heteroatoms. The Morgan fingerprint density at radius 1 is 1.24 bits per heavy atom. The Labute approximate surface area is 175 Å². The maximum absolute atomic E-state index is 12.5. The topological polar surface area (TPSA) is 66.0 Å². The molecular formula is C23H36N4O2. The number of benzene rings is 1. The smallest absolute Gasteiger partial charge is 0.224 e. The van der Waals surface area contributed by atoms with Gasteiger partial charge >= 0.3 is 0 Å². The monoisotopic (exact) mass is 400 g/mol. The fourth-order valence-corrected chi connectivity index (χ4v) is 3.73. The van der Waals surface area contributed by atoms with Crippen LogP contribution in [0, 0.1) is 12.8 Å². The molecular weight excluding hydrogens is 364 g/mol. The molecule has 1 aliphatic heterocycles. The van der Waals surface area contributed by atoms with Gasteiger partial charge in [-0.15, -0.1) is 0 Å². The van der Waals surface area contributed by atoms with Crippen molar-refractivity contribution < 1.29 is 9.53 Å². The van der Waals surface area contributed by atoms with E-state index in [1.165, 1.54) is 24.8 Å². The summed E-state index contributed by atoms with van der Waals surface area (Å²) in [6.45, 7) is 7.15. The van der Waals surface area contributed by atoms with Crippen LogP contribution in [-0.4, -0.2) is 49.6 Å². The minimum absolute atomic E-state index is 0.231. The Bertz CT molecular complexity index is 715. The lowest BCUT2D eigenvalue weighted by atomic mass is 10.0. The fraction of sp³-hybridized carbons (Fsp3) is 0.652. The van der Waals surface area contributed by atoms with Crippen LogP contribution in [-0.2, 0) is 11.3 Å². The van der Waals surface area contributed by atoms with Crippen molar-refractivity contribution in [3.8, 4) is 5.75 Å². The molecule has 1 unspecified atom stereocenters. The summed E-state index contributed by atoms with van der Waals surface area (Å²) in [5.74, 6) is 2.62. The van der Waals surface area contributed by atoms with Gasteiger partial charge in [-0.3, -0.25) is 9.79 Å². The molecule has 1 saturated heterocycles. The molecule has 1 aliphatic carbocycles. The van der Waals surface area contributed by atoms with Crippen LogP contribution < -0.4 is 15.4 Å². The van der Waals surface area contributed by atoms with E-state index in [4.69, 9.17) is 4.74 Å². The molecule has 0 bridgehead atoms. The average Bonchev–Trinajstić information content (AvgIpc) is 3.54. The molecule has 2 aliphatic rings. The predicted octanol–water partition coefficient (Wildman–Crippen LogP) is 3.24. The van der Waals surface area contributed by atoms with Crippen molar-refractivity contribution in [3.05, 3.63) is 29.3 Å². The fourth-order valence-electron chi connectivity index (χ4n) is 3.73. The lowest BCUT2D eigenvalue weighted by Gasteiger charge is -2.33. The molecule has 160 valence electrons. The summed E-state index contributed by atoms with van der Waals surface area (Å²) in [6, 6.07) is 6.69. The molecule has 0 aromatic heterocycles. The molecule has 2 fully saturated rings. The third kappa shape index (κ3) is 6.65. The number of aryl methyl sites for hydroxylation is 1. The third-order valence-corrected chi connectivity index (χ3v) is 5.82. The number of rotatable bonds is 8. The first kappa shape index (κ1) is 21.5. The van der Waals surface area contributed by atoms with Gasteiger partial charge in [0, 0.05) is 44.7 Å². The first-order valence-corrected chi connectivity index (χ1v) is 11.0. The van der Waals surface area contributed by atoms with Gasteiger partial charge in [-0.25, -0.2) is 0 Å². The third-order valence-electron chi connectivity index (χ3n) is 5.82. The molecule has 2 N–H and O–H groups in total. The van der Waals surface area contributed by atoms with Gasteiger partial charge in [0.05, 0.1) is 6.61 Å². The number of aliphatic imine (C=N–C) groups is 1. The van der Waals surface area contributed by atoms with Crippen molar-refractivity contribution >= 4 is 11.9 Å². The summed E-state index contributed by atoms with van der Waals surface area (Å²) in [6.07, 6.45) is 6.52. The van der Waals surface area contributed by atoms with E-state index in [1.807, 2.05) is 4.90 Å². The first-order valence-electron chi connectivity index (χ1n) is 11.0. The van der Waals surface area contributed by atoms with Gasteiger partial charge in [-0.05, 0) is 63.5 Å².